The van der Waals surface area contributed by atoms with E-state index < -0.39 is 0 Å². The molecule has 5 rings (SSSR count). The number of fused-ring (bicyclic) bond motifs is 2. The first-order valence-electron chi connectivity index (χ1n) is 11.2. The lowest BCUT2D eigenvalue weighted by Crippen LogP contribution is -2.46. The summed E-state index contributed by atoms with van der Waals surface area (Å²) in [5, 5.41) is 3.01. The quantitative estimate of drug-likeness (QED) is 0.545. The van der Waals surface area contributed by atoms with E-state index in [1.807, 2.05) is 42.5 Å². The molecule has 2 aliphatic rings. The topological polar surface area (TPSA) is 64.3 Å². The Morgan fingerprint density at radius 1 is 0.788 bits per heavy atom. The molecular weight excluding hydrogens is 432 g/mol. The number of benzene rings is 3. The van der Waals surface area contributed by atoms with Crippen LogP contribution < -0.4 is 11.1 Å². The molecule has 4 nitrogen and oxygen atoms in total. The lowest BCUT2D eigenvalue weighted by atomic mass is 9.99. The van der Waals surface area contributed by atoms with Crippen molar-refractivity contribution in [2.75, 3.05) is 0 Å². The molecule has 3 N–H and O–H groups in total. The Kier molecular flexibility index (Phi) is 7.83. The first-order valence-corrected chi connectivity index (χ1v) is 11.2. The van der Waals surface area contributed by atoms with Crippen LogP contribution in [-0.2, 0) is 37.0 Å². The van der Waals surface area contributed by atoms with Crippen molar-refractivity contribution < 1.29 is 9.53 Å². The number of nitrogens with two attached hydrogens (primary N) is 1. The number of carbonyl (C=O) groups excluding carboxylic acids is 1. The zero-order valence-corrected chi connectivity index (χ0v) is 20.2. The average molecular weight is 465 g/mol. The number of rotatable bonds is 3. The molecule has 5 heteroatoms. The Labute approximate surface area is 203 Å². The van der Waals surface area contributed by atoms with Gasteiger partial charge >= 0.3 is 6.09 Å². The summed E-state index contributed by atoms with van der Waals surface area (Å²) in [6, 6.07) is 26.5. The maximum absolute atomic E-state index is 12.0. The van der Waals surface area contributed by atoms with Crippen LogP contribution in [0.1, 0.15) is 41.7 Å². The SMILES string of the molecule is CC1(N)Cc2ccccc2C1.CC1(NC(=O)OCc2ccccc2)Cc2ccccc2C1.Cl. The van der Waals surface area contributed by atoms with E-state index in [1.165, 1.54) is 22.3 Å². The van der Waals surface area contributed by atoms with Crippen molar-refractivity contribution in [1.82, 2.24) is 5.32 Å². The Morgan fingerprint density at radius 2 is 1.21 bits per heavy atom. The van der Waals surface area contributed by atoms with E-state index in [1.54, 1.807) is 0 Å². The molecule has 0 heterocycles. The summed E-state index contributed by atoms with van der Waals surface area (Å²) in [7, 11) is 0. The molecule has 3 aromatic carbocycles. The summed E-state index contributed by atoms with van der Waals surface area (Å²) >= 11 is 0. The number of nitrogens with one attached hydrogen (secondary N) is 1. The minimum absolute atomic E-state index is 0. The van der Waals surface area contributed by atoms with Crippen molar-refractivity contribution in [2.24, 2.45) is 5.73 Å². The molecule has 0 spiro atoms. The fourth-order valence-electron chi connectivity index (χ4n) is 4.73. The van der Waals surface area contributed by atoms with Gasteiger partial charge in [-0.25, -0.2) is 4.79 Å². The van der Waals surface area contributed by atoms with E-state index >= 15 is 0 Å². The van der Waals surface area contributed by atoms with Crippen molar-refractivity contribution in [3.8, 4) is 0 Å². The van der Waals surface area contributed by atoms with Gasteiger partial charge in [0.05, 0.1) is 0 Å². The summed E-state index contributed by atoms with van der Waals surface area (Å²) in [6.45, 7) is 4.49. The lowest BCUT2D eigenvalue weighted by molar-refractivity contribution is 0.128. The maximum Gasteiger partial charge on any atom is 0.407 e. The number of hydrogen-bond acceptors (Lipinski definition) is 3. The van der Waals surface area contributed by atoms with Gasteiger partial charge in [0, 0.05) is 11.1 Å². The van der Waals surface area contributed by atoms with E-state index in [0.29, 0.717) is 6.61 Å². The third-order valence-electron chi connectivity index (χ3n) is 6.20. The van der Waals surface area contributed by atoms with Gasteiger partial charge in [-0.3, -0.25) is 0 Å². The number of ether oxygens (including phenoxy) is 1. The third kappa shape index (κ3) is 6.59. The molecular formula is C28H33ClN2O2. The summed E-state index contributed by atoms with van der Waals surface area (Å²) in [5.74, 6) is 0. The highest BCUT2D eigenvalue weighted by Gasteiger charge is 2.34. The van der Waals surface area contributed by atoms with Gasteiger partial charge in [-0.15, -0.1) is 12.4 Å². The highest BCUT2D eigenvalue weighted by atomic mass is 35.5. The smallest absolute Gasteiger partial charge is 0.407 e. The van der Waals surface area contributed by atoms with Gasteiger partial charge in [0.15, 0.2) is 0 Å². The average Bonchev–Trinajstić information content (AvgIpc) is 3.27. The second-order valence-corrected chi connectivity index (χ2v) is 9.65. The Bertz CT molecular complexity index is 1030. The normalized spacial score (nSPS) is 16.3. The third-order valence-corrected chi connectivity index (χ3v) is 6.20. The maximum atomic E-state index is 12.0. The van der Waals surface area contributed by atoms with Crippen molar-refractivity contribution in [3.05, 3.63) is 107 Å². The van der Waals surface area contributed by atoms with Gasteiger partial charge < -0.3 is 15.8 Å². The predicted octanol–water partition coefficient (Wildman–Crippen LogP) is 5.39. The van der Waals surface area contributed by atoms with Crippen LogP contribution in [0.3, 0.4) is 0 Å². The van der Waals surface area contributed by atoms with Crippen LogP contribution in [0.4, 0.5) is 4.79 Å². The van der Waals surface area contributed by atoms with Crippen LogP contribution in [0.5, 0.6) is 0 Å². The van der Waals surface area contributed by atoms with E-state index in [-0.39, 0.29) is 29.6 Å². The zero-order chi connectivity index (χ0) is 22.6. The molecule has 0 unspecified atom stereocenters. The summed E-state index contributed by atoms with van der Waals surface area (Å²) in [6.07, 6.45) is 3.41. The number of hydrogen-bond donors (Lipinski definition) is 2. The van der Waals surface area contributed by atoms with Gasteiger partial charge in [0.2, 0.25) is 0 Å². The monoisotopic (exact) mass is 464 g/mol. The Morgan fingerprint density at radius 3 is 1.70 bits per heavy atom. The van der Waals surface area contributed by atoms with Gasteiger partial charge in [-0.2, -0.15) is 0 Å². The number of halogens is 1. The van der Waals surface area contributed by atoms with Gasteiger partial charge in [-0.1, -0.05) is 78.9 Å². The molecule has 0 aromatic heterocycles. The largest absolute Gasteiger partial charge is 0.445 e. The van der Waals surface area contributed by atoms with Gasteiger partial charge in [0.25, 0.3) is 0 Å². The standard InChI is InChI=1S/C18H19NO2.C10H13N.ClH/c1-18(11-15-9-5-6-10-16(15)12-18)19-17(20)21-13-14-7-3-2-4-8-14;1-10(11)6-8-4-2-3-5-9(8)7-10;/h2-10H,11-13H2,1H3,(H,19,20);2-5H,6-7,11H2,1H3;1H. The van der Waals surface area contributed by atoms with Crippen LogP contribution >= 0.6 is 12.4 Å². The molecule has 33 heavy (non-hydrogen) atoms. The van der Waals surface area contributed by atoms with Crippen molar-refractivity contribution >= 4 is 18.5 Å². The van der Waals surface area contributed by atoms with Crippen LogP contribution in [0.15, 0.2) is 78.9 Å². The lowest BCUT2D eigenvalue weighted by Gasteiger charge is -2.24. The first kappa shape index (κ1) is 24.8. The molecule has 174 valence electrons. The van der Waals surface area contributed by atoms with E-state index in [0.717, 1.165) is 31.2 Å². The second-order valence-electron chi connectivity index (χ2n) is 9.65. The molecule has 3 aromatic rings. The Balaban J connectivity index is 0.000000215. The van der Waals surface area contributed by atoms with Gasteiger partial charge in [0.1, 0.15) is 6.61 Å². The van der Waals surface area contributed by atoms with E-state index in [9.17, 15) is 4.79 Å². The second kappa shape index (κ2) is 10.4. The van der Waals surface area contributed by atoms with Crippen molar-refractivity contribution in [1.29, 1.82) is 0 Å². The van der Waals surface area contributed by atoms with Gasteiger partial charge in [-0.05, 0) is 67.3 Å². The fourth-order valence-corrected chi connectivity index (χ4v) is 4.73. The minimum Gasteiger partial charge on any atom is -0.445 e. The van der Waals surface area contributed by atoms with Crippen LogP contribution in [-0.4, -0.2) is 17.2 Å². The van der Waals surface area contributed by atoms with Crippen molar-refractivity contribution in [2.45, 2.75) is 57.2 Å². The number of alkyl carbamates (subject to hydrolysis) is 1. The minimum atomic E-state index is -0.353. The van der Waals surface area contributed by atoms with E-state index in [4.69, 9.17) is 10.5 Å². The molecule has 0 bridgehead atoms. The van der Waals surface area contributed by atoms with Crippen LogP contribution in [0, 0.1) is 0 Å². The molecule has 0 aliphatic heterocycles. The summed E-state index contributed by atoms with van der Waals surface area (Å²) < 4.78 is 5.30. The first-order chi connectivity index (χ1) is 15.3. The fraction of sp³-hybridized carbons (Fsp3) is 0.321. The summed E-state index contributed by atoms with van der Waals surface area (Å²) in [5.41, 5.74) is 12.2. The summed E-state index contributed by atoms with van der Waals surface area (Å²) in [4.78, 5) is 12.0. The van der Waals surface area contributed by atoms with Crippen LogP contribution in [0.2, 0.25) is 0 Å². The molecule has 0 atom stereocenters. The molecule has 0 saturated heterocycles. The molecule has 0 fully saturated rings. The van der Waals surface area contributed by atoms with Crippen molar-refractivity contribution in [3.63, 3.8) is 0 Å². The number of carbonyl (C=O) groups is 1. The molecule has 2 aliphatic carbocycles. The Hall–Kier alpha value is -2.82. The molecule has 0 radical (unpaired) electrons. The highest BCUT2D eigenvalue weighted by Crippen LogP contribution is 2.30. The molecule has 1 amide bonds. The number of amides is 1. The predicted molar refractivity (Wildman–Crippen MR) is 136 cm³/mol. The highest BCUT2D eigenvalue weighted by molar-refractivity contribution is 5.85. The van der Waals surface area contributed by atoms with Crippen LogP contribution in [0.25, 0.3) is 0 Å². The van der Waals surface area contributed by atoms with E-state index in [2.05, 4.69) is 55.6 Å². The molecule has 0 saturated carbocycles. The zero-order valence-electron chi connectivity index (χ0n) is 19.3.